The lowest BCUT2D eigenvalue weighted by Crippen LogP contribution is -2.16. The number of aromatic nitrogens is 3. The summed E-state index contributed by atoms with van der Waals surface area (Å²) in [6.45, 7) is 8.35. The Morgan fingerprint density at radius 1 is 1.21 bits per heavy atom. The van der Waals surface area contributed by atoms with Gasteiger partial charge < -0.3 is 4.98 Å². The molecule has 3 nitrogen and oxygen atoms in total. The van der Waals surface area contributed by atoms with E-state index in [0.717, 1.165) is 21.6 Å². The van der Waals surface area contributed by atoms with Crippen molar-refractivity contribution in [2.24, 2.45) is 0 Å². The Morgan fingerprint density at radius 3 is 2.47 bits per heavy atom. The van der Waals surface area contributed by atoms with Crippen molar-refractivity contribution in [1.82, 2.24) is 15.0 Å². The third kappa shape index (κ3) is 3.09. The molecule has 0 spiro atoms. The minimum absolute atomic E-state index is 0.0477. The molecule has 100 valence electrons. The summed E-state index contributed by atoms with van der Waals surface area (Å²) in [5, 5.41) is 0. The summed E-state index contributed by atoms with van der Waals surface area (Å²) in [5.74, 6) is 0.710. The Hall–Kier alpha value is -1.07. The number of aromatic amines is 1. The first kappa shape index (κ1) is 14.3. The van der Waals surface area contributed by atoms with Crippen molar-refractivity contribution in [1.29, 1.82) is 0 Å². The van der Waals surface area contributed by atoms with Crippen LogP contribution in [-0.4, -0.2) is 15.0 Å². The third-order valence-electron chi connectivity index (χ3n) is 2.74. The van der Waals surface area contributed by atoms with Gasteiger partial charge in [0.15, 0.2) is 5.82 Å². The second kappa shape index (κ2) is 5.13. The highest BCUT2D eigenvalue weighted by molar-refractivity contribution is 9.10. The number of halogens is 1. The van der Waals surface area contributed by atoms with Crippen LogP contribution in [0.2, 0.25) is 0 Å². The van der Waals surface area contributed by atoms with Crippen molar-refractivity contribution in [3.8, 4) is 11.5 Å². The van der Waals surface area contributed by atoms with Crippen molar-refractivity contribution >= 4 is 28.1 Å². The Bertz CT molecular complexity index is 671. The van der Waals surface area contributed by atoms with E-state index in [1.807, 2.05) is 25.1 Å². The van der Waals surface area contributed by atoms with Gasteiger partial charge in [-0.1, -0.05) is 39.1 Å². The van der Waals surface area contributed by atoms with Gasteiger partial charge in [0, 0.05) is 16.8 Å². The van der Waals surface area contributed by atoms with Crippen LogP contribution in [0.3, 0.4) is 0 Å². The van der Waals surface area contributed by atoms with Gasteiger partial charge in [-0.3, -0.25) is 0 Å². The van der Waals surface area contributed by atoms with E-state index in [9.17, 15) is 0 Å². The van der Waals surface area contributed by atoms with Gasteiger partial charge in [-0.15, -0.1) is 0 Å². The number of hydrogen-bond acceptors (Lipinski definition) is 3. The SMILES string of the molecule is Cc1cccc(-c2nc(=S)c(Br)c(C(C)(C)C)[nH]2)n1. The maximum atomic E-state index is 5.32. The maximum absolute atomic E-state index is 5.32. The quantitative estimate of drug-likeness (QED) is 0.775. The van der Waals surface area contributed by atoms with Crippen LogP contribution in [0.1, 0.15) is 32.2 Å². The zero-order chi connectivity index (χ0) is 14.2. The van der Waals surface area contributed by atoms with E-state index < -0.39 is 0 Å². The molecule has 0 aromatic carbocycles. The van der Waals surface area contributed by atoms with Crippen molar-refractivity contribution in [3.63, 3.8) is 0 Å². The number of nitrogens with zero attached hydrogens (tertiary/aromatic N) is 2. The third-order valence-corrected chi connectivity index (χ3v) is 4.07. The summed E-state index contributed by atoms with van der Waals surface area (Å²) >= 11 is 8.84. The van der Waals surface area contributed by atoms with Crippen LogP contribution in [0.4, 0.5) is 0 Å². The smallest absolute Gasteiger partial charge is 0.157 e. The van der Waals surface area contributed by atoms with Gasteiger partial charge in [-0.25, -0.2) is 9.97 Å². The maximum Gasteiger partial charge on any atom is 0.157 e. The number of aryl methyl sites for hydroxylation is 1. The van der Waals surface area contributed by atoms with Crippen LogP contribution in [-0.2, 0) is 5.41 Å². The first-order valence-electron chi connectivity index (χ1n) is 6.03. The van der Waals surface area contributed by atoms with Gasteiger partial charge in [0.25, 0.3) is 0 Å². The normalized spacial score (nSPS) is 11.6. The fraction of sp³-hybridized carbons (Fsp3) is 0.357. The second-order valence-corrected chi connectivity index (χ2v) is 6.67. The Labute approximate surface area is 126 Å². The Balaban J connectivity index is 2.67. The molecule has 0 amide bonds. The van der Waals surface area contributed by atoms with Crippen molar-refractivity contribution < 1.29 is 0 Å². The molecular weight excluding hydrogens is 322 g/mol. The molecule has 0 radical (unpaired) electrons. The summed E-state index contributed by atoms with van der Waals surface area (Å²) in [7, 11) is 0. The monoisotopic (exact) mass is 337 g/mol. The molecule has 19 heavy (non-hydrogen) atoms. The molecule has 0 atom stereocenters. The minimum Gasteiger partial charge on any atom is -0.340 e. The number of H-pyrrole nitrogens is 1. The first-order chi connectivity index (χ1) is 8.79. The van der Waals surface area contributed by atoms with E-state index in [1.54, 1.807) is 0 Å². The lowest BCUT2D eigenvalue weighted by atomic mass is 9.92. The lowest BCUT2D eigenvalue weighted by Gasteiger charge is -2.21. The first-order valence-corrected chi connectivity index (χ1v) is 7.23. The molecule has 0 unspecified atom stereocenters. The molecule has 0 aliphatic carbocycles. The van der Waals surface area contributed by atoms with Crippen LogP contribution in [0.25, 0.3) is 11.5 Å². The van der Waals surface area contributed by atoms with Crippen LogP contribution < -0.4 is 0 Å². The standard InChI is InChI=1S/C14H16BrN3S/c1-8-6-5-7-9(16-8)12-17-11(14(2,3)4)10(15)13(19)18-12/h5-7H,1-4H3,(H,17,18,19). The number of nitrogens with one attached hydrogen (secondary N) is 1. The molecule has 0 aliphatic rings. The number of rotatable bonds is 1. The molecule has 0 fully saturated rings. The molecule has 2 rings (SSSR count). The van der Waals surface area contributed by atoms with Gasteiger partial charge in [0.2, 0.25) is 0 Å². The van der Waals surface area contributed by atoms with Crippen molar-refractivity contribution in [2.45, 2.75) is 33.1 Å². The van der Waals surface area contributed by atoms with Crippen molar-refractivity contribution in [2.75, 3.05) is 0 Å². The van der Waals surface area contributed by atoms with Gasteiger partial charge in [0.05, 0.1) is 4.47 Å². The van der Waals surface area contributed by atoms with Crippen molar-refractivity contribution in [3.05, 3.63) is 38.7 Å². The van der Waals surface area contributed by atoms with E-state index in [2.05, 4.69) is 51.7 Å². The minimum atomic E-state index is -0.0477. The highest BCUT2D eigenvalue weighted by atomic mass is 79.9. The van der Waals surface area contributed by atoms with E-state index in [-0.39, 0.29) is 5.41 Å². The molecule has 5 heteroatoms. The van der Waals surface area contributed by atoms with Crippen LogP contribution in [0.15, 0.2) is 22.7 Å². The van der Waals surface area contributed by atoms with E-state index >= 15 is 0 Å². The van der Waals surface area contributed by atoms with E-state index in [4.69, 9.17) is 12.2 Å². The van der Waals surface area contributed by atoms with Gasteiger partial charge in [-0.05, 0) is 35.0 Å². The number of pyridine rings is 1. The van der Waals surface area contributed by atoms with Crippen LogP contribution >= 0.6 is 28.1 Å². The Morgan fingerprint density at radius 2 is 1.89 bits per heavy atom. The summed E-state index contributed by atoms with van der Waals surface area (Å²) in [5.41, 5.74) is 2.75. The highest BCUT2D eigenvalue weighted by Crippen LogP contribution is 2.29. The molecule has 0 bridgehead atoms. The molecule has 0 saturated carbocycles. The van der Waals surface area contributed by atoms with Crippen LogP contribution in [0, 0.1) is 11.6 Å². The fourth-order valence-corrected chi connectivity index (χ4v) is 2.75. The van der Waals surface area contributed by atoms with Gasteiger partial charge >= 0.3 is 0 Å². The predicted molar refractivity (Wildman–Crippen MR) is 83.8 cm³/mol. The molecule has 2 aromatic rings. The molecular formula is C14H16BrN3S. The van der Waals surface area contributed by atoms with Gasteiger partial charge in [0.1, 0.15) is 10.3 Å². The highest BCUT2D eigenvalue weighted by Gasteiger charge is 2.20. The molecule has 0 saturated heterocycles. The van der Waals surface area contributed by atoms with E-state index in [1.165, 1.54) is 0 Å². The summed E-state index contributed by atoms with van der Waals surface area (Å²) in [6, 6.07) is 5.86. The van der Waals surface area contributed by atoms with Crippen LogP contribution in [0.5, 0.6) is 0 Å². The predicted octanol–water partition coefficient (Wildman–Crippen LogP) is 4.57. The molecule has 2 aromatic heterocycles. The summed E-state index contributed by atoms with van der Waals surface area (Å²) in [6.07, 6.45) is 0. The molecule has 1 N–H and O–H groups in total. The zero-order valence-electron chi connectivity index (χ0n) is 11.4. The average Bonchev–Trinajstić information content (AvgIpc) is 2.31. The lowest BCUT2D eigenvalue weighted by molar-refractivity contribution is 0.563. The summed E-state index contributed by atoms with van der Waals surface area (Å²) in [4.78, 5) is 12.2. The fourth-order valence-electron chi connectivity index (χ4n) is 1.77. The number of hydrogen-bond donors (Lipinski definition) is 1. The largest absolute Gasteiger partial charge is 0.340 e. The van der Waals surface area contributed by atoms with Gasteiger partial charge in [-0.2, -0.15) is 0 Å². The zero-order valence-corrected chi connectivity index (χ0v) is 13.8. The molecule has 2 heterocycles. The topological polar surface area (TPSA) is 41.6 Å². The Kier molecular flexibility index (Phi) is 3.87. The van der Waals surface area contributed by atoms with E-state index in [0.29, 0.717) is 10.5 Å². The summed E-state index contributed by atoms with van der Waals surface area (Å²) < 4.78 is 1.41. The molecule has 0 aliphatic heterocycles. The average molecular weight is 338 g/mol. The second-order valence-electron chi connectivity index (χ2n) is 5.49.